The number of aromatic nitrogens is 2. The lowest BCUT2D eigenvalue weighted by atomic mass is 9.96. The summed E-state index contributed by atoms with van der Waals surface area (Å²) in [5.74, 6) is -0.104. The minimum absolute atomic E-state index is 0.0442. The molecule has 0 amide bonds. The summed E-state index contributed by atoms with van der Waals surface area (Å²) in [7, 11) is 3.79. The van der Waals surface area contributed by atoms with E-state index in [0.717, 1.165) is 19.5 Å². The fraction of sp³-hybridized carbons (Fsp3) is 0.312. The van der Waals surface area contributed by atoms with Crippen molar-refractivity contribution >= 4 is 19.5 Å². The van der Waals surface area contributed by atoms with E-state index in [1.165, 1.54) is 28.1 Å². The maximum Gasteiger partial charge on any atom is 0.269 e. The fourth-order valence-electron chi connectivity index (χ4n) is 2.79. The Bertz CT molecular complexity index is 803. The van der Waals surface area contributed by atoms with Gasteiger partial charge in [0, 0.05) is 30.4 Å². The highest BCUT2D eigenvalue weighted by Crippen LogP contribution is 2.19. The van der Waals surface area contributed by atoms with Crippen molar-refractivity contribution in [2.45, 2.75) is 19.5 Å². The molecule has 2 aromatic rings. The topological polar surface area (TPSA) is 67.2 Å². The monoisotopic (exact) mass is 310 g/mol. The Morgan fingerprint density at radius 1 is 1.35 bits per heavy atom. The van der Waals surface area contributed by atoms with Crippen LogP contribution in [-0.2, 0) is 19.5 Å². The van der Waals surface area contributed by atoms with E-state index in [-0.39, 0.29) is 17.9 Å². The zero-order valence-corrected chi connectivity index (χ0v) is 13.4. The molecule has 6 nitrogen and oxygen atoms in total. The van der Waals surface area contributed by atoms with Gasteiger partial charge in [0.1, 0.15) is 6.54 Å². The normalized spacial score (nSPS) is 14.3. The predicted molar refractivity (Wildman–Crippen MR) is 91.5 cm³/mol. The van der Waals surface area contributed by atoms with Crippen molar-refractivity contribution in [2.75, 3.05) is 18.8 Å². The first-order chi connectivity index (χ1) is 11.1. The van der Waals surface area contributed by atoms with Crippen LogP contribution in [-0.4, -0.2) is 42.0 Å². The van der Waals surface area contributed by atoms with Gasteiger partial charge in [0.25, 0.3) is 5.56 Å². The molecule has 1 aromatic carbocycles. The second-order valence-electron chi connectivity index (χ2n) is 5.88. The number of anilines is 1. The molecule has 0 aliphatic carbocycles. The molecule has 1 N–H and O–H groups in total. The maximum absolute atomic E-state index is 12.5. The van der Waals surface area contributed by atoms with E-state index in [2.05, 4.69) is 22.3 Å². The predicted octanol–water partition coefficient (Wildman–Crippen LogP) is 0.0741. The fourth-order valence-corrected chi connectivity index (χ4v) is 2.79. The molecule has 7 heteroatoms. The van der Waals surface area contributed by atoms with Gasteiger partial charge < -0.3 is 10.1 Å². The molecule has 0 saturated carbocycles. The Morgan fingerprint density at radius 3 is 2.91 bits per heavy atom. The lowest BCUT2D eigenvalue weighted by Crippen LogP contribution is -2.28. The zero-order valence-electron chi connectivity index (χ0n) is 13.4. The average molecular weight is 310 g/mol. The van der Waals surface area contributed by atoms with Gasteiger partial charge in [0.15, 0.2) is 5.78 Å². The van der Waals surface area contributed by atoms with E-state index in [9.17, 15) is 9.59 Å². The number of nitrogens with zero attached hydrogens (tertiary/aromatic N) is 3. The van der Waals surface area contributed by atoms with Gasteiger partial charge in [-0.05, 0) is 30.7 Å². The van der Waals surface area contributed by atoms with Crippen LogP contribution in [0.2, 0.25) is 0 Å². The summed E-state index contributed by atoms with van der Waals surface area (Å²) in [4.78, 5) is 26.6. The SMILES string of the molecule is BNc1cnn(CC(=O)c2ccc3c(c2)CN(C)CC3)c(=O)c1. The Kier molecular flexibility index (Phi) is 4.29. The lowest BCUT2D eigenvalue weighted by Gasteiger charge is -2.25. The smallest absolute Gasteiger partial charge is 0.269 e. The number of carbonyl (C=O) groups excluding carboxylic acids is 1. The standard InChI is InChI=1S/C16H19BN4O2/c1-20-5-4-11-2-3-12(6-13(11)9-20)15(22)10-21-16(23)7-14(19-17)8-18-21/h2-3,6-8,19H,4-5,9-10,17H2,1H3. The molecule has 0 bridgehead atoms. The van der Waals surface area contributed by atoms with Crippen molar-refractivity contribution in [2.24, 2.45) is 0 Å². The van der Waals surface area contributed by atoms with Crippen LogP contribution in [0.1, 0.15) is 21.5 Å². The van der Waals surface area contributed by atoms with E-state index in [0.29, 0.717) is 11.3 Å². The molecule has 0 spiro atoms. The van der Waals surface area contributed by atoms with Gasteiger partial charge in [-0.2, -0.15) is 5.10 Å². The Morgan fingerprint density at radius 2 is 2.17 bits per heavy atom. The summed E-state index contributed by atoms with van der Waals surface area (Å²) >= 11 is 0. The van der Waals surface area contributed by atoms with Crippen LogP contribution in [0, 0.1) is 0 Å². The van der Waals surface area contributed by atoms with Gasteiger partial charge >= 0.3 is 0 Å². The molecule has 1 aliphatic rings. The number of carbonyl (C=O) groups is 1. The summed E-state index contributed by atoms with van der Waals surface area (Å²) in [6.45, 7) is 1.85. The van der Waals surface area contributed by atoms with Crippen molar-refractivity contribution in [1.82, 2.24) is 14.7 Å². The highest BCUT2D eigenvalue weighted by atomic mass is 16.1. The number of Topliss-reactive ketones (excluding diaryl/α,β-unsaturated/α-hetero) is 1. The number of nitrogens with one attached hydrogen (secondary N) is 1. The second-order valence-corrected chi connectivity index (χ2v) is 5.88. The third-order valence-corrected chi connectivity index (χ3v) is 4.18. The van der Waals surface area contributed by atoms with Crippen LogP contribution in [0.15, 0.2) is 35.3 Å². The third-order valence-electron chi connectivity index (χ3n) is 4.18. The lowest BCUT2D eigenvalue weighted by molar-refractivity contribution is 0.0965. The average Bonchev–Trinajstić information content (AvgIpc) is 2.55. The van der Waals surface area contributed by atoms with Gasteiger partial charge in [-0.15, -0.1) is 0 Å². The molecule has 0 atom stereocenters. The number of ketones is 1. The molecule has 3 rings (SSSR count). The molecule has 0 fully saturated rings. The molecule has 0 unspecified atom stereocenters. The van der Waals surface area contributed by atoms with Crippen LogP contribution in [0.25, 0.3) is 0 Å². The van der Waals surface area contributed by atoms with Crippen molar-refractivity contribution in [1.29, 1.82) is 0 Å². The Balaban J connectivity index is 1.81. The van der Waals surface area contributed by atoms with Crippen LogP contribution in [0.5, 0.6) is 0 Å². The molecule has 118 valence electrons. The molecular weight excluding hydrogens is 291 g/mol. The van der Waals surface area contributed by atoms with Gasteiger partial charge in [0.05, 0.1) is 6.20 Å². The zero-order chi connectivity index (χ0) is 16.4. The summed E-state index contributed by atoms with van der Waals surface area (Å²) in [6.07, 6.45) is 2.54. The van der Waals surface area contributed by atoms with Crippen molar-refractivity contribution in [3.05, 3.63) is 57.5 Å². The first-order valence-electron chi connectivity index (χ1n) is 7.65. The highest BCUT2D eigenvalue weighted by molar-refractivity contribution is 6.15. The number of rotatable bonds is 4. The maximum atomic E-state index is 12.5. The first-order valence-corrected chi connectivity index (χ1v) is 7.65. The summed E-state index contributed by atoms with van der Waals surface area (Å²) in [5, 5.41) is 6.88. The quantitative estimate of drug-likeness (QED) is 0.640. The first kappa shape index (κ1) is 15.5. The van der Waals surface area contributed by atoms with Gasteiger partial charge in [0.2, 0.25) is 7.98 Å². The number of hydrogen-bond acceptors (Lipinski definition) is 5. The molecule has 23 heavy (non-hydrogen) atoms. The molecule has 0 saturated heterocycles. The minimum Gasteiger partial charge on any atom is -0.433 e. The van der Waals surface area contributed by atoms with Crippen molar-refractivity contribution < 1.29 is 4.79 Å². The Labute approximate surface area is 135 Å². The number of fused-ring (bicyclic) bond motifs is 1. The van der Waals surface area contributed by atoms with Crippen LogP contribution >= 0.6 is 0 Å². The number of benzene rings is 1. The van der Waals surface area contributed by atoms with E-state index >= 15 is 0 Å². The van der Waals surface area contributed by atoms with Crippen LogP contribution in [0.4, 0.5) is 5.69 Å². The summed E-state index contributed by atoms with van der Waals surface area (Å²) in [5.41, 5.74) is 3.47. The molecule has 2 heterocycles. The van der Waals surface area contributed by atoms with E-state index in [4.69, 9.17) is 0 Å². The minimum atomic E-state index is -0.289. The molecular formula is C16H19BN4O2. The van der Waals surface area contributed by atoms with E-state index < -0.39 is 0 Å². The van der Waals surface area contributed by atoms with E-state index in [1.807, 2.05) is 18.2 Å². The largest absolute Gasteiger partial charge is 0.433 e. The number of likely N-dealkylation sites (N-methyl/N-ethyl adjacent to an activating group) is 1. The number of hydrogen-bond donors (Lipinski definition) is 1. The molecule has 1 aliphatic heterocycles. The van der Waals surface area contributed by atoms with Gasteiger partial charge in [-0.1, -0.05) is 12.1 Å². The molecule has 0 radical (unpaired) electrons. The summed E-state index contributed by atoms with van der Waals surface area (Å²) in [6, 6.07) is 7.25. The van der Waals surface area contributed by atoms with Gasteiger partial charge in [-0.3, -0.25) is 9.59 Å². The van der Waals surface area contributed by atoms with Gasteiger partial charge in [-0.25, -0.2) is 4.68 Å². The van der Waals surface area contributed by atoms with Crippen LogP contribution in [0.3, 0.4) is 0 Å². The van der Waals surface area contributed by atoms with Crippen molar-refractivity contribution in [3.63, 3.8) is 0 Å². The van der Waals surface area contributed by atoms with Crippen LogP contribution < -0.4 is 10.8 Å². The summed E-state index contributed by atoms with van der Waals surface area (Å²) < 4.78 is 1.19. The second kappa shape index (κ2) is 6.38. The Hall–Kier alpha value is -2.41. The highest BCUT2D eigenvalue weighted by Gasteiger charge is 2.16. The van der Waals surface area contributed by atoms with Crippen molar-refractivity contribution in [3.8, 4) is 0 Å². The van der Waals surface area contributed by atoms with E-state index in [1.54, 1.807) is 7.98 Å². The molecule has 1 aromatic heterocycles. The third kappa shape index (κ3) is 3.34.